The predicted molar refractivity (Wildman–Crippen MR) is 55.5 cm³/mol. The first-order valence-corrected chi connectivity index (χ1v) is 4.49. The fourth-order valence-electron chi connectivity index (χ4n) is 1.19. The number of nitrogens with zero attached hydrogens (tertiary/aromatic N) is 1. The Balaban J connectivity index is 2.87. The lowest BCUT2D eigenvalue weighted by molar-refractivity contribution is 0.140. The van der Waals surface area contributed by atoms with Crippen LogP contribution in [0.3, 0.4) is 0 Å². The summed E-state index contributed by atoms with van der Waals surface area (Å²) in [6.45, 7) is 5.53. The minimum absolute atomic E-state index is 0.0166. The number of hydrogen-bond donors (Lipinski definition) is 1. The molecule has 1 rings (SSSR count). The lowest BCUT2D eigenvalue weighted by atomic mass is 9.97. The molecule has 1 aromatic rings. The van der Waals surface area contributed by atoms with Gasteiger partial charge in [-0.2, -0.15) is 5.26 Å². The summed E-state index contributed by atoms with van der Waals surface area (Å²) in [6.07, 6.45) is 1.17. The van der Waals surface area contributed by atoms with Gasteiger partial charge in [-0.25, -0.2) is 0 Å². The lowest BCUT2D eigenvalue weighted by Gasteiger charge is -2.15. The molecule has 14 heavy (non-hydrogen) atoms. The van der Waals surface area contributed by atoms with Crippen LogP contribution in [-0.2, 0) is 0 Å². The van der Waals surface area contributed by atoms with Crippen LogP contribution in [-0.4, -0.2) is 5.11 Å². The first-order chi connectivity index (χ1) is 6.69. The first kappa shape index (κ1) is 10.5. The number of aliphatic hydroxyl groups is 1. The maximum atomic E-state index is 9.80. The monoisotopic (exact) mass is 187 g/mol. The van der Waals surface area contributed by atoms with Gasteiger partial charge in [0.05, 0.1) is 17.7 Å². The maximum absolute atomic E-state index is 9.80. The lowest BCUT2D eigenvalue weighted by Crippen LogP contribution is -2.06. The summed E-state index contributed by atoms with van der Waals surface area (Å²) in [7, 11) is 0. The van der Waals surface area contributed by atoms with Crippen molar-refractivity contribution in [1.82, 2.24) is 0 Å². The van der Waals surface area contributed by atoms with Gasteiger partial charge in [0.1, 0.15) is 0 Å². The van der Waals surface area contributed by atoms with Crippen molar-refractivity contribution in [2.24, 2.45) is 5.92 Å². The van der Waals surface area contributed by atoms with Gasteiger partial charge in [-0.15, -0.1) is 6.58 Å². The van der Waals surface area contributed by atoms with Crippen molar-refractivity contribution in [3.05, 3.63) is 48.0 Å². The van der Waals surface area contributed by atoms with E-state index in [1.54, 1.807) is 30.3 Å². The van der Waals surface area contributed by atoms with Gasteiger partial charge >= 0.3 is 0 Å². The molecule has 0 bridgehead atoms. The van der Waals surface area contributed by atoms with Crippen LogP contribution in [0.1, 0.15) is 24.2 Å². The van der Waals surface area contributed by atoms with Gasteiger partial charge < -0.3 is 5.11 Å². The minimum atomic E-state index is -0.541. The average Bonchev–Trinajstić information content (AvgIpc) is 2.27. The summed E-state index contributed by atoms with van der Waals surface area (Å²) in [5.74, 6) is 0.0166. The van der Waals surface area contributed by atoms with Crippen molar-refractivity contribution in [3.8, 4) is 6.07 Å². The topological polar surface area (TPSA) is 44.0 Å². The van der Waals surface area contributed by atoms with Gasteiger partial charge in [-0.1, -0.05) is 25.1 Å². The smallest absolute Gasteiger partial charge is 0.0991 e. The fourth-order valence-corrected chi connectivity index (χ4v) is 1.19. The first-order valence-electron chi connectivity index (χ1n) is 4.49. The second-order valence-electron chi connectivity index (χ2n) is 3.27. The summed E-state index contributed by atoms with van der Waals surface area (Å²) in [6, 6.07) is 8.97. The molecule has 2 nitrogen and oxygen atoms in total. The molecule has 72 valence electrons. The van der Waals surface area contributed by atoms with Crippen molar-refractivity contribution < 1.29 is 5.11 Å². The van der Waals surface area contributed by atoms with Crippen LogP contribution in [0.4, 0.5) is 0 Å². The molecule has 0 aliphatic heterocycles. The fraction of sp³-hybridized carbons (Fsp3) is 0.250. The van der Waals surface area contributed by atoms with E-state index in [1.165, 1.54) is 0 Å². The molecule has 1 aromatic carbocycles. The van der Waals surface area contributed by atoms with Crippen molar-refractivity contribution in [3.63, 3.8) is 0 Å². The quantitative estimate of drug-likeness (QED) is 0.738. The number of benzene rings is 1. The zero-order chi connectivity index (χ0) is 10.6. The summed E-state index contributed by atoms with van der Waals surface area (Å²) in [5, 5.41) is 18.4. The van der Waals surface area contributed by atoms with E-state index < -0.39 is 6.10 Å². The third kappa shape index (κ3) is 2.21. The van der Waals surface area contributed by atoms with E-state index in [1.807, 2.05) is 13.0 Å². The molecule has 0 radical (unpaired) electrons. The van der Waals surface area contributed by atoms with Gasteiger partial charge in [0.2, 0.25) is 0 Å². The maximum Gasteiger partial charge on any atom is 0.0991 e. The van der Waals surface area contributed by atoms with Crippen molar-refractivity contribution in [2.45, 2.75) is 13.0 Å². The Kier molecular flexibility index (Phi) is 3.44. The average molecular weight is 187 g/mol. The number of rotatable bonds is 3. The summed E-state index contributed by atoms with van der Waals surface area (Å²) in [5.41, 5.74) is 1.42. The van der Waals surface area contributed by atoms with Crippen LogP contribution < -0.4 is 0 Å². The molecule has 2 atom stereocenters. The Bertz CT molecular complexity index is 348. The van der Waals surface area contributed by atoms with E-state index in [0.29, 0.717) is 5.56 Å². The van der Waals surface area contributed by atoms with Crippen molar-refractivity contribution in [2.75, 3.05) is 0 Å². The van der Waals surface area contributed by atoms with E-state index in [0.717, 1.165) is 5.56 Å². The molecule has 0 fully saturated rings. The van der Waals surface area contributed by atoms with Crippen molar-refractivity contribution >= 4 is 0 Å². The van der Waals surface area contributed by atoms with Crippen LogP contribution in [0.15, 0.2) is 36.9 Å². The SMILES string of the molecule is C=C[C@H](C)[C@@H](O)c1ccc(C#N)cc1. The van der Waals surface area contributed by atoms with Gasteiger partial charge in [0.15, 0.2) is 0 Å². The van der Waals surface area contributed by atoms with Gasteiger partial charge in [-0.3, -0.25) is 0 Å². The third-order valence-electron chi connectivity index (χ3n) is 2.25. The van der Waals surface area contributed by atoms with Crippen molar-refractivity contribution in [1.29, 1.82) is 5.26 Å². The molecule has 0 spiro atoms. The normalized spacial score (nSPS) is 14.1. The van der Waals surface area contributed by atoms with E-state index in [2.05, 4.69) is 6.58 Å². The molecule has 2 heteroatoms. The Morgan fingerprint density at radius 2 is 2.00 bits per heavy atom. The number of hydrogen-bond acceptors (Lipinski definition) is 2. The van der Waals surface area contributed by atoms with Crippen LogP contribution in [0.5, 0.6) is 0 Å². The van der Waals surface area contributed by atoms with Crippen LogP contribution >= 0.6 is 0 Å². The van der Waals surface area contributed by atoms with Crippen LogP contribution in [0, 0.1) is 17.2 Å². The van der Waals surface area contributed by atoms with E-state index in [9.17, 15) is 5.11 Å². The minimum Gasteiger partial charge on any atom is -0.388 e. The molecule has 0 amide bonds. The second kappa shape index (κ2) is 4.59. The number of nitriles is 1. The Labute approximate surface area is 84.1 Å². The molecule has 0 saturated heterocycles. The van der Waals surface area contributed by atoms with Gasteiger partial charge in [0.25, 0.3) is 0 Å². The molecule has 0 unspecified atom stereocenters. The van der Waals surface area contributed by atoms with Crippen LogP contribution in [0.25, 0.3) is 0 Å². The number of aliphatic hydroxyl groups excluding tert-OH is 1. The molecule has 0 aliphatic carbocycles. The second-order valence-corrected chi connectivity index (χ2v) is 3.27. The van der Waals surface area contributed by atoms with Gasteiger partial charge in [-0.05, 0) is 17.7 Å². The summed E-state index contributed by atoms with van der Waals surface area (Å²) < 4.78 is 0. The highest BCUT2D eigenvalue weighted by Gasteiger charge is 2.12. The molecular weight excluding hydrogens is 174 g/mol. The highest BCUT2D eigenvalue weighted by atomic mass is 16.3. The molecule has 1 N–H and O–H groups in total. The highest BCUT2D eigenvalue weighted by Crippen LogP contribution is 2.22. The predicted octanol–water partition coefficient (Wildman–Crippen LogP) is 2.41. The largest absolute Gasteiger partial charge is 0.388 e. The standard InChI is InChI=1S/C12H13NO/c1-3-9(2)12(14)11-6-4-10(8-13)5-7-11/h3-7,9,12,14H,1H2,2H3/t9-,12+/m0/s1. The third-order valence-corrected chi connectivity index (χ3v) is 2.25. The summed E-state index contributed by atoms with van der Waals surface area (Å²) in [4.78, 5) is 0. The molecule has 0 heterocycles. The molecule has 0 saturated carbocycles. The summed E-state index contributed by atoms with van der Waals surface area (Å²) >= 11 is 0. The van der Waals surface area contributed by atoms with Crippen LogP contribution in [0.2, 0.25) is 0 Å². The zero-order valence-electron chi connectivity index (χ0n) is 8.14. The molecular formula is C12H13NO. The van der Waals surface area contributed by atoms with E-state index in [4.69, 9.17) is 5.26 Å². The van der Waals surface area contributed by atoms with E-state index >= 15 is 0 Å². The van der Waals surface area contributed by atoms with E-state index in [-0.39, 0.29) is 5.92 Å². The molecule has 0 aromatic heterocycles. The Morgan fingerprint density at radius 3 is 2.43 bits per heavy atom. The zero-order valence-corrected chi connectivity index (χ0v) is 8.14. The highest BCUT2D eigenvalue weighted by molar-refractivity contribution is 5.32. The molecule has 0 aliphatic rings. The Hall–Kier alpha value is -1.59. The Morgan fingerprint density at radius 1 is 1.43 bits per heavy atom. The van der Waals surface area contributed by atoms with Gasteiger partial charge in [0, 0.05) is 5.92 Å².